The predicted octanol–water partition coefficient (Wildman–Crippen LogP) is 3.14. The lowest BCUT2D eigenvalue weighted by Crippen LogP contribution is -2.31. The van der Waals surface area contributed by atoms with E-state index < -0.39 is 0 Å². The van der Waals surface area contributed by atoms with Gasteiger partial charge in [0.25, 0.3) is 5.91 Å². The maximum atomic E-state index is 12.0. The van der Waals surface area contributed by atoms with Gasteiger partial charge in [-0.2, -0.15) is 0 Å². The highest BCUT2D eigenvalue weighted by Crippen LogP contribution is 2.23. The number of benzene rings is 2. The van der Waals surface area contributed by atoms with Gasteiger partial charge in [-0.25, -0.2) is 0 Å². The summed E-state index contributed by atoms with van der Waals surface area (Å²) < 4.78 is 5.11. The van der Waals surface area contributed by atoms with E-state index >= 15 is 0 Å². The number of fused-ring (bicyclic) bond motifs is 1. The molecule has 2 aromatic carbocycles. The minimum absolute atomic E-state index is 0.121. The number of ether oxygens (including phenoxy) is 1. The van der Waals surface area contributed by atoms with Gasteiger partial charge in [-0.1, -0.05) is 48.5 Å². The third-order valence-electron chi connectivity index (χ3n) is 4.55. The third kappa shape index (κ3) is 4.69. The van der Waals surface area contributed by atoms with Crippen LogP contribution in [0.5, 0.6) is 0 Å². The summed E-state index contributed by atoms with van der Waals surface area (Å²) in [6, 6.07) is 15.7. The van der Waals surface area contributed by atoms with Gasteiger partial charge in [0.15, 0.2) is 6.61 Å². The van der Waals surface area contributed by atoms with E-state index in [4.69, 9.17) is 4.74 Å². The number of hydrogen-bond donors (Lipinski definition) is 1. The first-order chi connectivity index (χ1) is 12.1. The molecule has 25 heavy (non-hydrogen) atoms. The highest BCUT2D eigenvalue weighted by atomic mass is 16.5. The summed E-state index contributed by atoms with van der Waals surface area (Å²) in [5.74, 6) is -0.667. The van der Waals surface area contributed by atoms with E-state index in [-0.39, 0.29) is 30.9 Å². The van der Waals surface area contributed by atoms with Crippen molar-refractivity contribution in [3.63, 3.8) is 0 Å². The molecule has 1 N–H and O–H groups in total. The van der Waals surface area contributed by atoms with Crippen molar-refractivity contribution in [2.24, 2.45) is 0 Å². The SMILES string of the molecule is C[C@H](NC(=O)COC(=O)Cc1ccc2c(c1)CCC2)c1ccccc1. The van der Waals surface area contributed by atoms with Gasteiger partial charge < -0.3 is 10.1 Å². The number of carbonyl (C=O) groups is 2. The van der Waals surface area contributed by atoms with Crippen molar-refractivity contribution in [3.05, 3.63) is 70.8 Å². The van der Waals surface area contributed by atoms with Gasteiger partial charge in [0.2, 0.25) is 0 Å². The summed E-state index contributed by atoms with van der Waals surface area (Å²) in [6.45, 7) is 1.65. The molecule has 0 spiro atoms. The molecule has 0 unspecified atom stereocenters. The average Bonchev–Trinajstić information content (AvgIpc) is 3.08. The summed E-state index contributed by atoms with van der Waals surface area (Å²) >= 11 is 0. The summed E-state index contributed by atoms with van der Waals surface area (Å²) in [5.41, 5.74) is 4.68. The third-order valence-corrected chi connectivity index (χ3v) is 4.55. The van der Waals surface area contributed by atoms with Gasteiger partial charge in [-0.3, -0.25) is 9.59 Å². The van der Waals surface area contributed by atoms with Crippen LogP contribution in [0.1, 0.15) is 41.6 Å². The molecule has 0 saturated carbocycles. The molecule has 0 saturated heterocycles. The van der Waals surface area contributed by atoms with Gasteiger partial charge >= 0.3 is 5.97 Å². The van der Waals surface area contributed by atoms with Crippen LogP contribution in [0.4, 0.5) is 0 Å². The molecule has 0 aliphatic heterocycles. The molecule has 0 bridgehead atoms. The molecule has 2 aromatic rings. The number of esters is 1. The normalized spacial score (nSPS) is 13.8. The fourth-order valence-corrected chi connectivity index (χ4v) is 3.21. The number of hydrogen-bond acceptors (Lipinski definition) is 3. The molecule has 0 aromatic heterocycles. The Hall–Kier alpha value is -2.62. The predicted molar refractivity (Wildman–Crippen MR) is 96.1 cm³/mol. The van der Waals surface area contributed by atoms with E-state index in [0.717, 1.165) is 24.0 Å². The topological polar surface area (TPSA) is 55.4 Å². The molecular formula is C21H23NO3. The molecule has 1 amide bonds. The van der Waals surface area contributed by atoms with Crippen molar-refractivity contribution in [1.29, 1.82) is 0 Å². The average molecular weight is 337 g/mol. The minimum atomic E-state index is -0.375. The standard InChI is InChI=1S/C21H23NO3/c1-15(17-6-3-2-4-7-17)22-20(23)14-25-21(24)13-16-10-11-18-8-5-9-19(18)12-16/h2-4,6-7,10-12,15H,5,8-9,13-14H2,1H3,(H,22,23)/t15-/m0/s1. The monoisotopic (exact) mass is 337 g/mol. The van der Waals surface area contributed by atoms with Crippen LogP contribution in [0.25, 0.3) is 0 Å². The Morgan fingerprint density at radius 1 is 1.08 bits per heavy atom. The lowest BCUT2D eigenvalue weighted by molar-refractivity contribution is -0.148. The van der Waals surface area contributed by atoms with E-state index in [2.05, 4.69) is 17.4 Å². The summed E-state index contributed by atoms with van der Waals surface area (Å²) in [4.78, 5) is 23.9. The Labute approximate surface area is 148 Å². The Morgan fingerprint density at radius 3 is 2.64 bits per heavy atom. The molecule has 3 rings (SSSR count). The van der Waals surface area contributed by atoms with E-state index in [0.29, 0.717) is 0 Å². The zero-order valence-corrected chi connectivity index (χ0v) is 14.5. The first-order valence-electron chi connectivity index (χ1n) is 8.72. The van der Waals surface area contributed by atoms with E-state index in [1.54, 1.807) is 0 Å². The second kappa shape index (κ2) is 7.97. The fourth-order valence-electron chi connectivity index (χ4n) is 3.21. The van der Waals surface area contributed by atoms with Gasteiger partial charge in [0, 0.05) is 0 Å². The van der Waals surface area contributed by atoms with Gasteiger partial charge in [0.1, 0.15) is 0 Å². The van der Waals surface area contributed by atoms with E-state index in [1.165, 1.54) is 17.5 Å². The summed E-state index contributed by atoms with van der Waals surface area (Å²) in [5, 5.41) is 2.83. The number of amides is 1. The van der Waals surface area contributed by atoms with Crippen LogP contribution in [0.15, 0.2) is 48.5 Å². The van der Waals surface area contributed by atoms with Crippen LogP contribution in [-0.4, -0.2) is 18.5 Å². The summed E-state index contributed by atoms with van der Waals surface area (Å²) in [7, 11) is 0. The number of rotatable bonds is 6. The van der Waals surface area contributed by atoms with Crippen LogP contribution in [0.2, 0.25) is 0 Å². The molecular weight excluding hydrogens is 314 g/mol. The second-order valence-electron chi connectivity index (χ2n) is 6.49. The molecule has 0 heterocycles. The molecule has 0 fully saturated rings. The van der Waals surface area contributed by atoms with Crippen LogP contribution in [0, 0.1) is 0 Å². The van der Waals surface area contributed by atoms with Crippen molar-refractivity contribution in [2.45, 2.75) is 38.6 Å². The first kappa shape index (κ1) is 17.2. The molecule has 1 aliphatic rings. The zero-order chi connectivity index (χ0) is 17.6. The summed E-state index contributed by atoms with van der Waals surface area (Å²) in [6.07, 6.45) is 3.59. The second-order valence-corrected chi connectivity index (χ2v) is 6.49. The minimum Gasteiger partial charge on any atom is -0.455 e. The van der Waals surface area contributed by atoms with Crippen molar-refractivity contribution < 1.29 is 14.3 Å². The van der Waals surface area contributed by atoms with Crippen LogP contribution < -0.4 is 5.32 Å². The number of nitrogens with one attached hydrogen (secondary N) is 1. The smallest absolute Gasteiger partial charge is 0.310 e. The lowest BCUT2D eigenvalue weighted by Gasteiger charge is -2.14. The molecule has 4 heteroatoms. The van der Waals surface area contributed by atoms with E-state index in [9.17, 15) is 9.59 Å². The van der Waals surface area contributed by atoms with Crippen molar-refractivity contribution in [1.82, 2.24) is 5.32 Å². The Bertz CT molecular complexity index is 755. The van der Waals surface area contributed by atoms with Gasteiger partial charge in [-0.05, 0) is 48.4 Å². The first-order valence-corrected chi connectivity index (χ1v) is 8.72. The lowest BCUT2D eigenvalue weighted by atomic mass is 10.0. The maximum Gasteiger partial charge on any atom is 0.310 e. The van der Waals surface area contributed by atoms with Crippen LogP contribution in [-0.2, 0) is 33.6 Å². The maximum absolute atomic E-state index is 12.0. The van der Waals surface area contributed by atoms with Crippen molar-refractivity contribution >= 4 is 11.9 Å². The van der Waals surface area contributed by atoms with Crippen LogP contribution in [0.3, 0.4) is 0 Å². The highest BCUT2D eigenvalue weighted by Gasteiger charge is 2.14. The van der Waals surface area contributed by atoms with Crippen LogP contribution >= 0.6 is 0 Å². The molecule has 1 aliphatic carbocycles. The number of carbonyl (C=O) groups excluding carboxylic acids is 2. The largest absolute Gasteiger partial charge is 0.455 e. The van der Waals surface area contributed by atoms with Gasteiger partial charge in [0.05, 0.1) is 12.5 Å². The molecule has 0 radical (unpaired) electrons. The Morgan fingerprint density at radius 2 is 1.84 bits per heavy atom. The Balaban J connectivity index is 1.45. The number of aryl methyl sites for hydroxylation is 2. The highest BCUT2D eigenvalue weighted by molar-refractivity contribution is 5.81. The van der Waals surface area contributed by atoms with E-state index in [1.807, 2.05) is 43.3 Å². The molecule has 1 atom stereocenters. The Kier molecular flexibility index (Phi) is 5.49. The van der Waals surface area contributed by atoms with Gasteiger partial charge in [-0.15, -0.1) is 0 Å². The molecule has 130 valence electrons. The quantitative estimate of drug-likeness (QED) is 0.824. The zero-order valence-electron chi connectivity index (χ0n) is 14.5. The van der Waals surface area contributed by atoms with Crippen molar-refractivity contribution in [2.75, 3.05) is 6.61 Å². The fraction of sp³-hybridized carbons (Fsp3) is 0.333. The molecule has 4 nitrogen and oxygen atoms in total. The van der Waals surface area contributed by atoms with Crippen molar-refractivity contribution in [3.8, 4) is 0 Å².